The molecule has 0 aromatic rings. The average Bonchev–Trinajstić information content (AvgIpc) is 2.46. The third-order valence-electron chi connectivity index (χ3n) is 4.20. The molecule has 0 amide bonds. The maximum atomic E-state index is 12.0. The summed E-state index contributed by atoms with van der Waals surface area (Å²) in [6.07, 6.45) is 3.83. The summed E-state index contributed by atoms with van der Waals surface area (Å²) in [5.41, 5.74) is -0.516. The van der Waals surface area contributed by atoms with Crippen molar-refractivity contribution in [2.75, 3.05) is 41.0 Å². The fraction of sp³-hybridized carbons (Fsp3) is 0.929. The summed E-state index contributed by atoms with van der Waals surface area (Å²) in [5.74, 6) is -0.141. The van der Waals surface area contributed by atoms with Crippen molar-refractivity contribution in [3.05, 3.63) is 0 Å². The number of ether oxygens (including phenoxy) is 2. The van der Waals surface area contributed by atoms with Crippen LogP contribution in [0.25, 0.3) is 0 Å². The van der Waals surface area contributed by atoms with Crippen molar-refractivity contribution in [3.63, 3.8) is 0 Å². The zero-order valence-corrected chi connectivity index (χ0v) is 12.7. The highest BCUT2D eigenvalue weighted by molar-refractivity contribution is 5.81. The molecule has 1 rings (SSSR count). The third-order valence-corrected chi connectivity index (χ3v) is 4.20. The number of carbonyl (C=O) groups excluding carboxylic acids is 1. The number of esters is 1. The number of nitrogens with zero attached hydrogens (tertiary/aromatic N) is 1. The van der Waals surface area contributed by atoms with E-state index < -0.39 is 5.54 Å². The highest BCUT2D eigenvalue weighted by Gasteiger charge is 2.43. The number of carbonyl (C=O) groups is 1. The van der Waals surface area contributed by atoms with Gasteiger partial charge >= 0.3 is 5.97 Å². The minimum Gasteiger partial charge on any atom is -0.468 e. The van der Waals surface area contributed by atoms with E-state index in [9.17, 15) is 4.79 Å². The number of methoxy groups -OCH3 is 1. The molecule has 0 aromatic carbocycles. The number of rotatable bonds is 7. The molecular formula is C14H28N2O3. The van der Waals surface area contributed by atoms with Crippen LogP contribution in [0.4, 0.5) is 0 Å². The summed E-state index contributed by atoms with van der Waals surface area (Å²) in [6.45, 7) is 4.40. The lowest BCUT2D eigenvalue weighted by Crippen LogP contribution is -2.57. The van der Waals surface area contributed by atoms with Gasteiger partial charge < -0.3 is 19.7 Å². The predicted molar refractivity (Wildman–Crippen MR) is 75.2 cm³/mol. The van der Waals surface area contributed by atoms with Crippen LogP contribution in [0.2, 0.25) is 0 Å². The van der Waals surface area contributed by atoms with Crippen molar-refractivity contribution in [3.8, 4) is 0 Å². The Balaban J connectivity index is 2.59. The lowest BCUT2D eigenvalue weighted by molar-refractivity contribution is -0.151. The van der Waals surface area contributed by atoms with Gasteiger partial charge in [-0.3, -0.25) is 4.79 Å². The molecule has 0 radical (unpaired) electrons. The molecule has 5 heteroatoms. The van der Waals surface area contributed by atoms with Gasteiger partial charge in [-0.05, 0) is 46.7 Å². The molecule has 0 spiro atoms. The monoisotopic (exact) mass is 272 g/mol. The van der Waals surface area contributed by atoms with Gasteiger partial charge in [0.2, 0.25) is 0 Å². The lowest BCUT2D eigenvalue weighted by atomic mass is 9.78. The summed E-state index contributed by atoms with van der Waals surface area (Å²) < 4.78 is 10.4. The van der Waals surface area contributed by atoms with E-state index in [2.05, 4.69) is 17.3 Å². The first-order valence-corrected chi connectivity index (χ1v) is 7.15. The van der Waals surface area contributed by atoms with Crippen LogP contribution in [0.3, 0.4) is 0 Å². The SMILES string of the molecule is CCOCCN(C)C1CCCC(NC)(C(=O)OC)C1. The first-order valence-electron chi connectivity index (χ1n) is 7.15. The average molecular weight is 272 g/mol. The zero-order valence-electron chi connectivity index (χ0n) is 12.7. The molecule has 2 unspecified atom stereocenters. The molecule has 1 saturated carbocycles. The van der Waals surface area contributed by atoms with Crippen molar-refractivity contribution in [1.82, 2.24) is 10.2 Å². The minimum absolute atomic E-state index is 0.141. The van der Waals surface area contributed by atoms with E-state index in [1.807, 2.05) is 14.0 Å². The van der Waals surface area contributed by atoms with E-state index in [4.69, 9.17) is 9.47 Å². The summed E-state index contributed by atoms with van der Waals surface area (Å²) in [5, 5.41) is 3.19. The maximum absolute atomic E-state index is 12.0. The van der Waals surface area contributed by atoms with Crippen molar-refractivity contribution in [1.29, 1.82) is 0 Å². The van der Waals surface area contributed by atoms with Crippen LogP contribution in [0.5, 0.6) is 0 Å². The second kappa shape index (κ2) is 7.82. The molecule has 19 heavy (non-hydrogen) atoms. The van der Waals surface area contributed by atoms with E-state index in [-0.39, 0.29) is 5.97 Å². The summed E-state index contributed by atoms with van der Waals surface area (Å²) >= 11 is 0. The van der Waals surface area contributed by atoms with Gasteiger partial charge in [0.1, 0.15) is 5.54 Å². The highest BCUT2D eigenvalue weighted by atomic mass is 16.5. The van der Waals surface area contributed by atoms with Crippen LogP contribution in [-0.2, 0) is 14.3 Å². The Bertz CT molecular complexity index is 286. The van der Waals surface area contributed by atoms with Gasteiger partial charge in [0.15, 0.2) is 0 Å². The molecular weight excluding hydrogens is 244 g/mol. The van der Waals surface area contributed by atoms with Gasteiger partial charge in [0, 0.05) is 19.2 Å². The molecule has 1 aliphatic rings. The van der Waals surface area contributed by atoms with E-state index in [0.29, 0.717) is 6.04 Å². The molecule has 1 N–H and O–H groups in total. The van der Waals surface area contributed by atoms with E-state index in [0.717, 1.165) is 45.4 Å². The fourth-order valence-electron chi connectivity index (χ4n) is 2.87. The Morgan fingerprint density at radius 1 is 1.53 bits per heavy atom. The van der Waals surface area contributed by atoms with Gasteiger partial charge in [-0.15, -0.1) is 0 Å². The Morgan fingerprint density at radius 3 is 2.84 bits per heavy atom. The molecule has 0 aliphatic heterocycles. The van der Waals surface area contributed by atoms with Crippen molar-refractivity contribution in [2.24, 2.45) is 0 Å². The van der Waals surface area contributed by atoms with Crippen molar-refractivity contribution < 1.29 is 14.3 Å². The number of hydrogen-bond donors (Lipinski definition) is 1. The molecule has 1 aliphatic carbocycles. The Labute approximate surface area is 116 Å². The van der Waals surface area contributed by atoms with Crippen LogP contribution < -0.4 is 5.32 Å². The van der Waals surface area contributed by atoms with E-state index in [1.165, 1.54) is 7.11 Å². The van der Waals surface area contributed by atoms with Gasteiger partial charge in [0.25, 0.3) is 0 Å². The lowest BCUT2D eigenvalue weighted by Gasteiger charge is -2.41. The highest BCUT2D eigenvalue weighted by Crippen LogP contribution is 2.31. The van der Waals surface area contributed by atoms with Crippen molar-refractivity contribution in [2.45, 2.75) is 44.2 Å². The molecule has 0 aromatic heterocycles. The summed E-state index contributed by atoms with van der Waals surface area (Å²) in [6, 6.07) is 0.403. The summed E-state index contributed by atoms with van der Waals surface area (Å²) in [7, 11) is 5.41. The molecule has 112 valence electrons. The number of likely N-dealkylation sites (N-methyl/N-ethyl adjacent to an activating group) is 2. The molecule has 1 fully saturated rings. The fourth-order valence-corrected chi connectivity index (χ4v) is 2.87. The smallest absolute Gasteiger partial charge is 0.326 e. The number of nitrogens with one attached hydrogen (secondary N) is 1. The predicted octanol–water partition coefficient (Wildman–Crippen LogP) is 1.03. The molecule has 0 bridgehead atoms. The maximum Gasteiger partial charge on any atom is 0.326 e. The summed E-state index contributed by atoms with van der Waals surface area (Å²) in [4.78, 5) is 14.3. The second-order valence-corrected chi connectivity index (χ2v) is 5.25. The van der Waals surface area contributed by atoms with Gasteiger partial charge in [-0.1, -0.05) is 0 Å². The van der Waals surface area contributed by atoms with E-state index >= 15 is 0 Å². The standard InChI is InChI=1S/C14H28N2O3/c1-5-19-10-9-16(3)12-7-6-8-14(11-12,15-2)13(17)18-4/h12,15H,5-11H2,1-4H3. The van der Waals surface area contributed by atoms with Crippen LogP contribution in [0.15, 0.2) is 0 Å². The second-order valence-electron chi connectivity index (χ2n) is 5.25. The van der Waals surface area contributed by atoms with Crippen molar-refractivity contribution >= 4 is 5.97 Å². The third kappa shape index (κ3) is 4.16. The van der Waals surface area contributed by atoms with Crippen LogP contribution in [-0.4, -0.2) is 63.4 Å². The zero-order chi connectivity index (χ0) is 14.3. The van der Waals surface area contributed by atoms with E-state index in [1.54, 1.807) is 0 Å². The Hall–Kier alpha value is -0.650. The van der Waals surface area contributed by atoms with Crippen LogP contribution >= 0.6 is 0 Å². The minimum atomic E-state index is -0.516. The van der Waals surface area contributed by atoms with Gasteiger partial charge in [-0.25, -0.2) is 0 Å². The number of hydrogen-bond acceptors (Lipinski definition) is 5. The van der Waals surface area contributed by atoms with Crippen LogP contribution in [0, 0.1) is 0 Å². The first-order chi connectivity index (χ1) is 9.09. The van der Waals surface area contributed by atoms with Crippen LogP contribution in [0.1, 0.15) is 32.6 Å². The largest absolute Gasteiger partial charge is 0.468 e. The van der Waals surface area contributed by atoms with Gasteiger partial charge in [-0.2, -0.15) is 0 Å². The quantitative estimate of drug-likeness (QED) is 0.554. The first kappa shape index (κ1) is 16.4. The molecule has 5 nitrogen and oxygen atoms in total. The Morgan fingerprint density at radius 2 is 2.26 bits per heavy atom. The molecule has 0 heterocycles. The Kier molecular flexibility index (Phi) is 6.75. The topological polar surface area (TPSA) is 50.8 Å². The normalized spacial score (nSPS) is 27.5. The molecule has 0 saturated heterocycles. The molecule has 2 atom stereocenters. The van der Waals surface area contributed by atoms with Gasteiger partial charge in [0.05, 0.1) is 13.7 Å².